The molecule has 0 aromatic carbocycles. The number of aryl methyl sites for hydroxylation is 1. The molecule has 1 aliphatic carbocycles. The molecule has 0 bridgehead atoms. The fourth-order valence-electron chi connectivity index (χ4n) is 4.48. The van der Waals surface area contributed by atoms with Gasteiger partial charge in [-0.3, -0.25) is 9.48 Å². The average molecular weight is 332 g/mol. The fourth-order valence-corrected chi connectivity index (χ4v) is 4.48. The van der Waals surface area contributed by atoms with Crippen molar-refractivity contribution in [1.29, 1.82) is 0 Å². The summed E-state index contributed by atoms with van der Waals surface area (Å²) in [6.07, 6.45) is 13.8. The molecule has 1 saturated carbocycles. The van der Waals surface area contributed by atoms with Gasteiger partial charge in [0.15, 0.2) is 0 Å². The van der Waals surface area contributed by atoms with Gasteiger partial charge in [-0.25, -0.2) is 0 Å². The summed E-state index contributed by atoms with van der Waals surface area (Å²) < 4.78 is 2.21. The molecular formula is C20H33N3O. The first-order valence-corrected chi connectivity index (χ1v) is 9.91. The monoisotopic (exact) mass is 331 g/mol. The Balaban J connectivity index is 1.41. The third-order valence-corrected chi connectivity index (χ3v) is 6.06. The van der Waals surface area contributed by atoms with Crippen molar-refractivity contribution in [1.82, 2.24) is 14.7 Å². The van der Waals surface area contributed by atoms with Crippen LogP contribution in [0.5, 0.6) is 0 Å². The minimum Gasteiger partial charge on any atom is -0.303 e. The van der Waals surface area contributed by atoms with Gasteiger partial charge in [-0.15, -0.1) is 0 Å². The number of aromatic nitrogens is 2. The van der Waals surface area contributed by atoms with Gasteiger partial charge in [0.25, 0.3) is 0 Å². The third-order valence-electron chi connectivity index (χ3n) is 6.06. The van der Waals surface area contributed by atoms with Crippen molar-refractivity contribution in [3.63, 3.8) is 0 Å². The van der Waals surface area contributed by atoms with Gasteiger partial charge in [-0.05, 0) is 63.4 Å². The van der Waals surface area contributed by atoms with E-state index in [9.17, 15) is 4.79 Å². The van der Waals surface area contributed by atoms with Crippen LogP contribution >= 0.6 is 0 Å². The Labute approximate surface area is 146 Å². The third kappa shape index (κ3) is 4.47. The second-order valence-corrected chi connectivity index (χ2v) is 7.94. The van der Waals surface area contributed by atoms with E-state index in [2.05, 4.69) is 27.8 Å². The molecule has 2 fully saturated rings. The molecule has 0 radical (unpaired) electrons. The lowest BCUT2D eigenvalue weighted by Crippen LogP contribution is -2.39. The summed E-state index contributed by atoms with van der Waals surface area (Å²) in [5.74, 6) is 1.55. The van der Waals surface area contributed by atoms with E-state index < -0.39 is 0 Å². The van der Waals surface area contributed by atoms with Gasteiger partial charge in [-0.2, -0.15) is 5.10 Å². The van der Waals surface area contributed by atoms with Crippen molar-refractivity contribution in [3.8, 4) is 0 Å². The van der Waals surface area contributed by atoms with Crippen molar-refractivity contribution in [2.24, 2.45) is 11.8 Å². The predicted molar refractivity (Wildman–Crippen MR) is 97.1 cm³/mol. The van der Waals surface area contributed by atoms with Gasteiger partial charge in [0.05, 0.1) is 12.2 Å². The van der Waals surface area contributed by atoms with E-state index in [-0.39, 0.29) is 0 Å². The van der Waals surface area contributed by atoms with E-state index in [1.165, 1.54) is 57.3 Å². The molecule has 3 rings (SSSR count). The first kappa shape index (κ1) is 17.7. The lowest BCUT2D eigenvalue weighted by Gasteiger charge is -2.36. The molecule has 134 valence electrons. The van der Waals surface area contributed by atoms with Crippen LogP contribution in [-0.4, -0.2) is 40.1 Å². The maximum atomic E-state index is 11.5. The molecule has 1 aromatic rings. The number of hydrogen-bond acceptors (Lipinski definition) is 3. The number of hydrogen-bond donors (Lipinski definition) is 0. The van der Waals surface area contributed by atoms with Crippen LogP contribution in [0.25, 0.3) is 0 Å². The predicted octanol–water partition coefficient (Wildman–Crippen LogP) is 3.87. The normalized spacial score (nSPS) is 26.6. The number of piperidine rings is 1. The van der Waals surface area contributed by atoms with E-state index in [0.29, 0.717) is 17.7 Å². The molecule has 2 aliphatic rings. The van der Waals surface area contributed by atoms with E-state index in [4.69, 9.17) is 0 Å². The summed E-state index contributed by atoms with van der Waals surface area (Å²) in [4.78, 5) is 14.1. The molecule has 24 heavy (non-hydrogen) atoms. The Morgan fingerprint density at radius 2 is 1.88 bits per heavy atom. The van der Waals surface area contributed by atoms with E-state index >= 15 is 0 Å². The smallest absolute Gasteiger partial charge is 0.132 e. The molecule has 1 saturated heterocycles. The van der Waals surface area contributed by atoms with E-state index in [1.54, 1.807) is 6.92 Å². The number of likely N-dealkylation sites (tertiary alicyclic amines) is 1. The van der Waals surface area contributed by atoms with Crippen LogP contribution in [0.15, 0.2) is 12.4 Å². The number of ketones is 1. The zero-order valence-electron chi connectivity index (χ0n) is 15.4. The largest absolute Gasteiger partial charge is 0.303 e. The van der Waals surface area contributed by atoms with Crippen molar-refractivity contribution >= 4 is 5.78 Å². The van der Waals surface area contributed by atoms with Gasteiger partial charge < -0.3 is 4.90 Å². The summed E-state index contributed by atoms with van der Waals surface area (Å²) in [6, 6.07) is 0.584. The highest BCUT2D eigenvalue weighted by Crippen LogP contribution is 2.31. The van der Waals surface area contributed by atoms with Crippen molar-refractivity contribution in [2.45, 2.75) is 71.3 Å². The molecule has 1 aromatic heterocycles. The van der Waals surface area contributed by atoms with E-state index in [0.717, 1.165) is 25.2 Å². The van der Waals surface area contributed by atoms with Gasteiger partial charge in [0.2, 0.25) is 0 Å². The Kier molecular flexibility index (Phi) is 6.09. The molecule has 0 unspecified atom stereocenters. The van der Waals surface area contributed by atoms with Crippen LogP contribution in [-0.2, 0) is 11.2 Å². The molecule has 0 spiro atoms. The van der Waals surface area contributed by atoms with Crippen LogP contribution < -0.4 is 0 Å². The fraction of sp³-hybridized carbons (Fsp3) is 0.800. The van der Waals surface area contributed by atoms with Gasteiger partial charge in [-0.1, -0.05) is 13.3 Å². The second-order valence-electron chi connectivity index (χ2n) is 7.94. The summed E-state index contributed by atoms with van der Waals surface area (Å²) in [7, 11) is 0. The quantitative estimate of drug-likeness (QED) is 0.794. The molecule has 0 amide bonds. The zero-order valence-corrected chi connectivity index (χ0v) is 15.4. The lowest BCUT2D eigenvalue weighted by molar-refractivity contribution is -0.121. The van der Waals surface area contributed by atoms with Crippen LogP contribution in [0.2, 0.25) is 0 Å². The highest BCUT2D eigenvalue weighted by molar-refractivity contribution is 5.78. The number of rotatable bonds is 6. The van der Waals surface area contributed by atoms with Crippen molar-refractivity contribution in [3.05, 3.63) is 18.0 Å². The van der Waals surface area contributed by atoms with Gasteiger partial charge in [0, 0.05) is 31.7 Å². The topological polar surface area (TPSA) is 38.1 Å². The van der Waals surface area contributed by atoms with Gasteiger partial charge in [0.1, 0.15) is 5.78 Å². The second kappa shape index (κ2) is 8.28. The maximum Gasteiger partial charge on any atom is 0.132 e. The maximum absolute atomic E-state index is 11.5. The number of nitrogens with zero attached hydrogens (tertiary/aromatic N) is 3. The highest BCUT2D eigenvalue weighted by Gasteiger charge is 2.27. The van der Waals surface area contributed by atoms with Crippen LogP contribution in [0.1, 0.15) is 70.4 Å². The molecule has 2 heterocycles. The first-order chi connectivity index (χ1) is 11.7. The van der Waals surface area contributed by atoms with Gasteiger partial charge >= 0.3 is 0 Å². The average Bonchev–Trinajstić information content (AvgIpc) is 3.05. The Hall–Kier alpha value is -1.16. The minimum absolute atomic E-state index is 0.351. The number of Topliss-reactive ketones (excluding diaryl/α,β-unsaturated/α-hetero) is 1. The highest BCUT2D eigenvalue weighted by atomic mass is 16.1. The van der Waals surface area contributed by atoms with Crippen molar-refractivity contribution in [2.75, 3.05) is 19.6 Å². The molecule has 4 nitrogen and oxygen atoms in total. The molecule has 0 atom stereocenters. The summed E-state index contributed by atoms with van der Waals surface area (Å²) in [5.41, 5.74) is 1.38. The number of carbonyl (C=O) groups excluding carboxylic acids is 1. The Morgan fingerprint density at radius 3 is 2.50 bits per heavy atom. The SMILES string of the molecule is CCCc1cnn(C2CCN(C[C@H]3CC[C@@H](C(C)=O)CC3)CC2)c1. The summed E-state index contributed by atoms with van der Waals surface area (Å²) in [5, 5.41) is 4.59. The molecule has 4 heteroatoms. The van der Waals surface area contributed by atoms with Crippen LogP contribution in [0.4, 0.5) is 0 Å². The molecular weight excluding hydrogens is 298 g/mol. The standard InChI is InChI=1S/C20H33N3O/c1-3-4-18-13-21-23(15-18)20-9-11-22(12-10-20)14-17-5-7-19(8-6-17)16(2)24/h13,15,17,19-20H,3-12,14H2,1-2H3/t17-,19+. The van der Waals surface area contributed by atoms with Crippen LogP contribution in [0.3, 0.4) is 0 Å². The molecule has 1 aliphatic heterocycles. The number of carbonyl (C=O) groups is 1. The minimum atomic E-state index is 0.351. The Morgan fingerprint density at radius 1 is 1.17 bits per heavy atom. The summed E-state index contributed by atoms with van der Waals surface area (Å²) in [6.45, 7) is 7.61. The van der Waals surface area contributed by atoms with E-state index in [1.807, 2.05) is 6.20 Å². The summed E-state index contributed by atoms with van der Waals surface area (Å²) >= 11 is 0. The van der Waals surface area contributed by atoms with Crippen LogP contribution in [0, 0.1) is 11.8 Å². The molecule has 0 N–H and O–H groups in total. The Bertz CT molecular complexity index is 523. The zero-order chi connectivity index (χ0) is 16.9. The first-order valence-electron chi connectivity index (χ1n) is 9.91. The van der Waals surface area contributed by atoms with Crippen molar-refractivity contribution < 1.29 is 4.79 Å². The lowest BCUT2D eigenvalue weighted by atomic mass is 9.80.